The van der Waals surface area contributed by atoms with Gasteiger partial charge in [0.15, 0.2) is 0 Å². The third kappa shape index (κ3) is 5.26. The highest BCUT2D eigenvalue weighted by Crippen LogP contribution is 2.35. The van der Waals surface area contributed by atoms with Crippen LogP contribution in [0, 0.1) is 6.92 Å². The summed E-state index contributed by atoms with van der Waals surface area (Å²) in [6.07, 6.45) is 3.71. The van der Waals surface area contributed by atoms with E-state index in [0.717, 1.165) is 23.7 Å². The molecule has 12 heteroatoms. The van der Waals surface area contributed by atoms with Crippen molar-refractivity contribution in [1.82, 2.24) is 19.6 Å². The summed E-state index contributed by atoms with van der Waals surface area (Å²) in [5.41, 5.74) is 1.00. The zero-order chi connectivity index (χ0) is 26.9. The fourth-order valence-corrected chi connectivity index (χ4v) is 5.76. The molecule has 0 radical (unpaired) electrons. The summed E-state index contributed by atoms with van der Waals surface area (Å²) in [5, 5.41) is 2.77. The van der Waals surface area contributed by atoms with Crippen molar-refractivity contribution in [2.24, 2.45) is 0 Å². The highest BCUT2D eigenvalue weighted by atomic mass is 32.2. The molecule has 196 valence electrons. The standard InChI is InChI=1S/C25H29N5O5S2/c1-5-15(4)30-24(34)18(37-25(30)36)11-16-21(27-19-8-7-14(3)13-29(19)23(16)33)28-10-9-26-22(32)17(28)12-20(31)35-6-2/h7-8,11,13,15,17H,5-6,9-10,12H2,1-4H3,(H,26,32)/b18-11-/t15-,17-/m0/s1. The quantitative estimate of drug-likeness (QED) is 0.319. The molecule has 2 aromatic rings. The molecule has 10 nitrogen and oxygen atoms in total. The van der Waals surface area contributed by atoms with Crippen LogP contribution in [0.1, 0.15) is 44.7 Å². The minimum absolute atomic E-state index is 0.0869. The Morgan fingerprint density at radius 3 is 2.78 bits per heavy atom. The Morgan fingerprint density at radius 2 is 2.08 bits per heavy atom. The number of hydrogen-bond acceptors (Lipinski definition) is 9. The van der Waals surface area contributed by atoms with Crippen LogP contribution in [0.5, 0.6) is 0 Å². The fraction of sp³-hybridized carbons (Fsp3) is 0.440. The maximum atomic E-state index is 13.8. The number of anilines is 1. The van der Waals surface area contributed by atoms with Crippen molar-refractivity contribution in [3.05, 3.63) is 44.7 Å². The van der Waals surface area contributed by atoms with E-state index in [1.165, 1.54) is 10.5 Å². The first-order valence-corrected chi connectivity index (χ1v) is 13.4. The molecule has 0 bridgehead atoms. The van der Waals surface area contributed by atoms with Gasteiger partial charge in [0.1, 0.15) is 21.8 Å². The molecule has 0 spiro atoms. The number of hydrogen-bond donors (Lipinski definition) is 1. The summed E-state index contributed by atoms with van der Waals surface area (Å²) in [6.45, 7) is 8.25. The maximum absolute atomic E-state index is 13.8. The Hall–Kier alpha value is -3.25. The fourth-order valence-electron chi connectivity index (χ4n) is 4.31. The molecule has 0 unspecified atom stereocenters. The Bertz CT molecular complexity index is 1370. The number of aromatic nitrogens is 2. The lowest BCUT2D eigenvalue weighted by molar-refractivity contribution is -0.145. The van der Waals surface area contributed by atoms with Gasteiger partial charge in [0.05, 0.1) is 23.5 Å². The number of thioether (sulfide) groups is 1. The van der Waals surface area contributed by atoms with E-state index in [4.69, 9.17) is 21.9 Å². The summed E-state index contributed by atoms with van der Waals surface area (Å²) in [6, 6.07) is 2.55. The van der Waals surface area contributed by atoms with Crippen LogP contribution in [0.25, 0.3) is 11.7 Å². The summed E-state index contributed by atoms with van der Waals surface area (Å²) in [5.74, 6) is -0.937. The minimum atomic E-state index is -0.922. The molecule has 2 aliphatic rings. The average Bonchev–Trinajstić information content (AvgIpc) is 3.14. The van der Waals surface area contributed by atoms with Crippen molar-refractivity contribution < 1.29 is 19.1 Å². The summed E-state index contributed by atoms with van der Waals surface area (Å²) < 4.78 is 6.93. The molecule has 2 amide bonds. The number of nitrogens with zero attached hydrogens (tertiary/aromatic N) is 4. The number of esters is 1. The predicted octanol–water partition coefficient (Wildman–Crippen LogP) is 2.26. The molecule has 4 heterocycles. The summed E-state index contributed by atoms with van der Waals surface area (Å²) in [4.78, 5) is 60.5. The Morgan fingerprint density at radius 1 is 1.32 bits per heavy atom. The molecule has 37 heavy (non-hydrogen) atoms. The van der Waals surface area contributed by atoms with Gasteiger partial charge in [0.2, 0.25) is 5.91 Å². The number of fused-ring (bicyclic) bond motifs is 1. The zero-order valence-corrected chi connectivity index (χ0v) is 22.8. The zero-order valence-electron chi connectivity index (χ0n) is 21.1. The number of pyridine rings is 1. The Labute approximate surface area is 224 Å². The van der Waals surface area contributed by atoms with Crippen LogP contribution in [-0.2, 0) is 19.1 Å². The second-order valence-electron chi connectivity index (χ2n) is 8.91. The van der Waals surface area contributed by atoms with Crippen LogP contribution in [0.3, 0.4) is 0 Å². The lowest BCUT2D eigenvalue weighted by Gasteiger charge is -2.36. The number of aryl methyl sites for hydroxylation is 1. The van der Waals surface area contributed by atoms with E-state index in [0.29, 0.717) is 28.0 Å². The van der Waals surface area contributed by atoms with E-state index in [1.54, 1.807) is 29.0 Å². The van der Waals surface area contributed by atoms with E-state index in [1.807, 2.05) is 26.8 Å². The number of amides is 2. The van der Waals surface area contributed by atoms with Gasteiger partial charge in [-0.25, -0.2) is 4.98 Å². The van der Waals surface area contributed by atoms with E-state index in [9.17, 15) is 19.2 Å². The van der Waals surface area contributed by atoms with Crippen molar-refractivity contribution in [2.45, 2.75) is 52.6 Å². The highest BCUT2D eigenvalue weighted by molar-refractivity contribution is 8.26. The van der Waals surface area contributed by atoms with Crippen LogP contribution in [0.15, 0.2) is 28.0 Å². The molecule has 0 aromatic carbocycles. The van der Waals surface area contributed by atoms with Crippen molar-refractivity contribution >= 4 is 63.6 Å². The molecule has 2 atom stereocenters. The Kier molecular flexibility index (Phi) is 7.98. The molecule has 0 aliphatic carbocycles. The van der Waals surface area contributed by atoms with E-state index < -0.39 is 17.6 Å². The first-order chi connectivity index (χ1) is 17.7. The van der Waals surface area contributed by atoms with Gasteiger partial charge >= 0.3 is 5.97 Å². The largest absolute Gasteiger partial charge is 0.466 e. The molecule has 2 fully saturated rings. The molecular weight excluding hydrogens is 514 g/mol. The lowest BCUT2D eigenvalue weighted by atomic mass is 10.1. The van der Waals surface area contributed by atoms with Gasteiger partial charge in [-0.1, -0.05) is 37.0 Å². The number of thiocarbonyl (C=S) groups is 1. The molecule has 0 saturated carbocycles. The molecule has 2 aromatic heterocycles. The van der Waals surface area contributed by atoms with Crippen LogP contribution >= 0.6 is 24.0 Å². The van der Waals surface area contributed by atoms with Crippen molar-refractivity contribution in [3.63, 3.8) is 0 Å². The van der Waals surface area contributed by atoms with Crippen molar-refractivity contribution in [3.8, 4) is 0 Å². The Balaban J connectivity index is 1.89. The summed E-state index contributed by atoms with van der Waals surface area (Å²) in [7, 11) is 0. The van der Waals surface area contributed by atoms with Gasteiger partial charge in [-0.15, -0.1) is 0 Å². The van der Waals surface area contributed by atoms with Crippen molar-refractivity contribution in [1.29, 1.82) is 0 Å². The normalized spacial score (nSPS) is 20.1. The SMILES string of the molecule is CCOC(=O)C[C@H]1C(=O)NCCN1c1nc2ccc(C)cn2c(=O)c1/C=C1\SC(=S)N([C@@H](C)CC)C1=O. The molecule has 4 rings (SSSR count). The van der Waals surface area contributed by atoms with E-state index in [-0.39, 0.29) is 42.3 Å². The second-order valence-corrected chi connectivity index (χ2v) is 10.6. The monoisotopic (exact) mass is 543 g/mol. The maximum Gasteiger partial charge on any atom is 0.308 e. The number of piperazine rings is 1. The summed E-state index contributed by atoms with van der Waals surface area (Å²) >= 11 is 6.59. The average molecular weight is 544 g/mol. The number of rotatable bonds is 7. The van der Waals surface area contributed by atoms with Gasteiger partial charge in [-0.05, 0) is 44.9 Å². The number of nitrogens with one attached hydrogen (secondary N) is 1. The molecule has 2 aliphatic heterocycles. The van der Waals surface area contributed by atoms with Gasteiger partial charge in [-0.3, -0.25) is 28.5 Å². The highest BCUT2D eigenvalue weighted by Gasteiger charge is 2.37. The van der Waals surface area contributed by atoms with Crippen LogP contribution in [0.2, 0.25) is 0 Å². The van der Waals surface area contributed by atoms with Gasteiger partial charge < -0.3 is 15.0 Å². The topological polar surface area (TPSA) is 113 Å². The second kappa shape index (κ2) is 11.0. The first kappa shape index (κ1) is 26.8. The number of ether oxygens (including phenoxy) is 1. The van der Waals surface area contributed by atoms with Gasteiger partial charge in [0, 0.05) is 25.3 Å². The minimum Gasteiger partial charge on any atom is -0.466 e. The van der Waals surface area contributed by atoms with Gasteiger partial charge in [0.25, 0.3) is 11.5 Å². The molecule has 1 N–H and O–H groups in total. The predicted molar refractivity (Wildman–Crippen MR) is 146 cm³/mol. The lowest BCUT2D eigenvalue weighted by Crippen LogP contribution is -2.57. The van der Waals surface area contributed by atoms with E-state index in [2.05, 4.69) is 5.32 Å². The molecular formula is C25H29N5O5S2. The molecule has 2 saturated heterocycles. The first-order valence-electron chi connectivity index (χ1n) is 12.2. The van der Waals surface area contributed by atoms with E-state index >= 15 is 0 Å². The third-order valence-electron chi connectivity index (χ3n) is 6.38. The number of carbonyl (C=O) groups is 3. The number of carbonyl (C=O) groups excluding carboxylic acids is 3. The van der Waals surface area contributed by atoms with Crippen molar-refractivity contribution in [2.75, 3.05) is 24.6 Å². The third-order valence-corrected chi connectivity index (χ3v) is 7.71. The van der Waals surface area contributed by atoms with Crippen LogP contribution < -0.4 is 15.8 Å². The van der Waals surface area contributed by atoms with Crippen LogP contribution in [0.4, 0.5) is 5.82 Å². The van der Waals surface area contributed by atoms with Crippen LogP contribution in [-0.4, -0.2) is 68.2 Å². The smallest absolute Gasteiger partial charge is 0.308 e. The van der Waals surface area contributed by atoms with Gasteiger partial charge in [-0.2, -0.15) is 0 Å².